The van der Waals surface area contributed by atoms with E-state index in [1.807, 2.05) is 24.4 Å². The summed E-state index contributed by atoms with van der Waals surface area (Å²) in [5, 5.41) is 3.42. The van der Waals surface area contributed by atoms with Crippen molar-refractivity contribution in [1.82, 2.24) is 15.3 Å². The fourth-order valence-electron chi connectivity index (χ4n) is 2.25. The van der Waals surface area contributed by atoms with Gasteiger partial charge in [-0.3, -0.25) is 0 Å². The maximum Gasteiger partial charge on any atom is 0.161 e. The second kappa shape index (κ2) is 5.32. The number of nitrogens with one attached hydrogen (secondary N) is 2. The third kappa shape index (κ3) is 2.42. The molecule has 0 saturated carbocycles. The molecule has 0 aliphatic carbocycles. The second-order valence-electron chi connectivity index (χ2n) is 4.37. The van der Waals surface area contributed by atoms with Gasteiger partial charge in [0.2, 0.25) is 0 Å². The van der Waals surface area contributed by atoms with Crippen molar-refractivity contribution in [3.05, 3.63) is 42.0 Å². The van der Waals surface area contributed by atoms with Crippen molar-refractivity contribution in [3.8, 4) is 11.5 Å². The predicted octanol–water partition coefficient (Wildman–Crippen LogP) is 1.88. The highest BCUT2D eigenvalue weighted by Crippen LogP contribution is 2.33. The normalized spacial score (nSPS) is 15.2. The van der Waals surface area contributed by atoms with Gasteiger partial charge in [-0.05, 0) is 24.2 Å². The number of aromatic nitrogens is 2. The van der Waals surface area contributed by atoms with Crippen molar-refractivity contribution < 1.29 is 9.47 Å². The Kier molecular flexibility index (Phi) is 3.37. The van der Waals surface area contributed by atoms with Crippen molar-refractivity contribution in [2.75, 3.05) is 19.8 Å². The van der Waals surface area contributed by atoms with Crippen LogP contribution in [0.4, 0.5) is 0 Å². The lowest BCUT2D eigenvalue weighted by Crippen LogP contribution is -2.23. The average Bonchev–Trinajstić information content (AvgIpc) is 2.98. The van der Waals surface area contributed by atoms with Crippen molar-refractivity contribution >= 4 is 0 Å². The van der Waals surface area contributed by atoms with Crippen LogP contribution in [0.3, 0.4) is 0 Å². The third-order valence-electron chi connectivity index (χ3n) is 3.10. The molecule has 2 heterocycles. The maximum absolute atomic E-state index is 5.63. The molecule has 1 aliphatic rings. The highest BCUT2D eigenvalue weighted by molar-refractivity contribution is 5.45. The fraction of sp³-hybridized carbons (Fsp3) is 0.357. The molecule has 0 radical (unpaired) electrons. The molecule has 19 heavy (non-hydrogen) atoms. The van der Waals surface area contributed by atoms with Gasteiger partial charge in [0, 0.05) is 12.4 Å². The SMILES string of the molecule is CCNC(c1ccc2c(c1)OCCO2)c1ncc[nH]1. The first kappa shape index (κ1) is 12.0. The molecular formula is C14H17N3O2. The van der Waals surface area contributed by atoms with E-state index in [9.17, 15) is 0 Å². The molecule has 1 aromatic heterocycles. The summed E-state index contributed by atoms with van der Waals surface area (Å²) in [7, 11) is 0. The molecule has 0 bridgehead atoms. The Balaban J connectivity index is 1.94. The van der Waals surface area contributed by atoms with Crippen molar-refractivity contribution in [2.45, 2.75) is 13.0 Å². The van der Waals surface area contributed by atoms with Crippen LogP contribution in [0.15, 0.2) is 30.6 Å². The quantitative estimate of drug-likeness (QED) is 0.880. The maximum atomic E-state index is 5.63. The predicted molar refractivity (Wildman–Crippen MR) is 71.5 cm³/mol. The zero-order valence-corrected chi connectivity index (χ0v) is 10.8. The third-order valence-corrected chi connectivity index (χ3v) is 3.10. The first-order valence-corrected chi connectivity index (χ1v) is 6.50. The van der Waals surface area contributed by atoms with E-state index in [1.54, 1.807) is 6.20 Å². The molecule has 2 N–H and O–H groups in total. The number of hydrogen-bond donors (Lipinski definition) is 2. The first-order chi connectivity index (χ1) is 9.38. The van der Waals surface area contributed by atoms with Crippen LogP contribution in [0.5, 0.6) is 11.5 Å². The van der Waals surface area contributed by atoms with Gasteiger partial charge in [0.05, 0.1) is 6.04 Å². The van der Waals surface area contributed by atoms with Crippen LogP contribution in [-0.4, -0.2) is 29.7 Å². The van der Waals surface area contributed by atoms with Gasteiger partial charge < -0.3 is 19.8 Å². The van der Waals surface area contributed by atoms with Crippen LogP contribution in [0.1, 0.15) is 24.4 Å². The van der Waals surface area contributed by atoms with E-state index in [-0.39, 0.29) is 6.04 Å². The van der Waals surface area contributed by atoms with Crippen LogP contribution in [0, 0.1) is 0 Å². The van der Waals surface area contributed by atoms with E-state index in [2.05, 4.69) is 22.2 Å². The summed E-state index contributed by atoms with van der Waals surface area (Å²) in [5.41, 5.74) is 1.11. The molecule has 1 aliphatic heterocycles. The standard InChI is InChI=1S/C14H17N3O2/c1-2-15-13(14-16-5-6-17-14)10-3-4-11-12(9-10)19-8-7-18-11/h3-6,9,13,15H,2,7-8H2,1H3,(H,16,17). The molecule has 3 rings (SSSR count). The second-order valence-corrected chi connectivity index (χ2v) is 4.37. The minimum absolute atomic E-state index is 0.0378. The Morgan fingerprint density at radius 1 is 1.32 bits per heavy atom. The molecule has 0 spiro atoms. The summed E-state index contributed by atoms with van der Waals surface area (Å²) in [4.78, 5) is 7.49. The van der Waals surface area contributed by atoms with Crippen LogP contribution in [0.2, 0.25) is 0 Å². The lowest BCUT2D eigenvalue weighted by atomic mass is 10.1. The molecule has 5 heteroatoms. The molecule has 0 amide bonds. The number of fused-ring (bicyclic) bond motifs is 1. The first-order valence-electron chi connectivity index (χ1n) is 6.50. The number of rotatable bonds is 4. The Morgan fingerprint density at radius 2 is 2.16 bits per heavy atom. The molecule has 2 aromatic rings. The molecule has 1 aromatic carbocycles. The summed E-state index contributed by atoms with van der Waals surface area (Å²) >= 11 is 0. The summed E-state index contributed by atoms with van der Waals surface area (Å²) in [6.07, 6.45) is 3.59. The van der Waals surface area contributed by atoms with E-state index in [0.29, 0.717) is 13.2 Å². The number of nitrogens with zero attached hydrogens (tertiary/aromatic N) is 1. The van der Waals surface area contributed by atoms with E-state index in [0.717, 1.165) is 29.4 Å². The van der Waals surface area contributed by atoms with E-state index < -0.39 is 0 Å². The summed E-state index contributed by atoms with van der Waals surface area (Å²) in [5.74, 6) is 2.52. The van der Waals surface area contributed by atoms with Gasteiger partial charge in [-0.15, -0.1) is 0 Å². The molecular weight excluding hydrogens is 242 g/mol. The summed E-state index contributed by atoms with van der Waals surface area (Å²) in [6, 6.07) is 6.06. The van der Waals surface area contributed by atoms with Gasteiger partial charge in [-0.1, -0.05) is 13.0 Å². The zero-order valence-electron chi connectivity index (χ0n) is 10.8. The highest BCUT2D eigenvalue weighted by Gasteiger charge is 2.19. The van der Waals surface area contributed by atoms with Crippen molar-refractivity contribution in [3.63, 3.8) is 0 Å². The van der Waals surface area contributed by atoms with Crippen LogP contribution >= 0.6 is 0 Å². The Hall–Kier alpha value is -2.01. The minimum atomic E-state index is 0.0378. The van der Waals surface area contributed by atoms with E-state index in [1.165, 1.54) is 0 Å². The molecule has 0 fully saturated rings. The average molecular weight is 259 g/mol. The smallest absolute Gasteiger partial charge is 0.161 e. The van der Waals surface area contributed by atoms with Gasteiger partial charge in [-0.2, -0.15) is 0 Å². The number of ether oxygens (including phenoxy) is 2. The van der Waals surface area contributed by atoms with E-state index >= 15 is 0 Å². The number of hydrogen-bond acceptors (Lipinski definition) is 4. The molecule has 0 saturated heterocycles. The fourth-order valence-corrected chi connectivity index (χ4v) is 2.25. The zero-order chi connectivity index (χ0) is 13.1. The van der Waals surface area contributed by atoms with Crippen molar-refractivity contribution in [2.24, 2.45) is 0 Å². The highest BCUT2D eigenvalue weighted by atomic mass is 16.6. The van der Waals surface area contributed by atoms with Crippen LogP contribution in [0.25, 0.3) is 0 Å². The number of imidazole rings is 1. The summed E-state index contributed by atoms with van der Waals surface area (Å²) < 4.78 is 11.2. The van der Waals surface area contributed by atoms with Gasteiger partial charge >= 0.3 is 0 Å². The lowest BCUT2D eigenvalue weighted by molar-refractivity contribution is 0.171. The van der Waals surface area contributed by atoms with Gasteiger partial charge in [-0.25, -0.2) is 4.98 Å². The Bertz CT molecular complexity index is 540. The van der Waals surface area contributed by atoms with Gasteiger partial charge in [0.1, 0.15) is 19.0 Å². The number of aromatic amines is 1. The topological polar surface area (TPSA) is 59.2 Å². The van der Waals surface area contributed by atoms with E-state index in [4.69, 9.17) is 9.47 Å². The molecule has 100 valence electrons. The van der Waals surface area contributed by atoms with Crippen LogP contribution in [-0.2, 0) is 0 Å². The largest absolute Gasteiger partial charge is 0.486 e. The van der Waals surface area contributed by atoms with Gasteiger partial charge in [0.25, 0.3) is 0 Å². The molecule has 1 unspecified atom stereocenters. The number of H-pyrrole nitrogens is 1. The lowest BCUT2D eigenvalue weighted by Gasteiger charge is -2.21. The van der Waals surface area contributed by atoms with Crippen molar-refractivity contribution in [1.29, 1.82) is 0 Å². The van der Waals surface area contributed by atoms with Gasteiger partial charge in [0.15, 0.2) is 11.5 Å². The minimum Gasteiger partial charge on any atom is -0.486 e. The number of benzene rings is 1. The monoisotopic (exact) mass is 259 g/mol. The molecule has 5 nitrogen and oxygen atoms in total. The summed E-state index contributed by atoms with van der Waals surface area (Å²) in [6.45, 7) is 4.15. The Labute approximate surface area is 112 Å². The van der Waals surface area contributed by atoms with Crippen LogP contribution < -0.4 is 14.8 Å². The molecule has 1 atom stereocenters. The Morgan fingerprint density at radius 3 is 2.89 bits per heavy atom.